The number of Topliss-reactive ketones (excluding diaryl/α,β-unsaturated/α-hetero) is 1. The Morgan fingerprint density at radius 1 is 0.960 bits per heavy atom. The lowest BCUT2D eigenvalue weighted by Crippen LogP contribution is -2.25. The molecular formula is C22H30N2O. The van der Waals surface area contributed by atoms with E-state index >= 15 is 0 Å². The normalized spacial score (nSPS) is 10.8. The molecule has 0 aromatic heterocycles. The van der Waals surface area contributed by atoms with Gasteiger partial charge in [0.25, 0.3) is 0 Å². The highest BCUT2D eigenvalue weighted by Crippen LogP contribution is 2.31. The van der Waals surface area contributed by atoms with Gasteiger partial charge in [-0.2, -0.15) is 0 Å². The molecule has 0 spiro atoms. The van der Waals surface area contributed by atoms with Gasteiger partial charge in [-0.3, -0.25) is 4.79 Å². The molecule has 0 N–H and O–H groups in total. The molecule has 0 saturated heterocycles. The molecule has 0 saturated carbocycles. The van der Waals surface area contributed by atoms with E-state index in [1.165, 1.54) is 11.3 Å². The van der Waals surface area contributed by atoms with E-state index in [0.717, 1.165) is 30.8 Å². The fraction of sp³-hybridized carbons (Fsp3) is 0.409. The highest BCUT2D eigenvalue weighted by molar-refractivity contribution is 5.96. The summed E-state index contributed by atoms with van der Waals surface area (Å²) < 4.78 is 0. The maximum atomic E-state index is 11.8. The van der Waals surface area contributed by atoms with E-state index in [1.54, 1.807) is 6.92 Å². The first-order chi connectivity index (χ1) is 11.9. The topological polar surface area (TPSA) is 23.6 Å². The maximum absolute atomic E-state index is 11.8. The number of hydrogen-bond acceptors (Lipinski definition) is 3. The molecule has 0 radical (unpaired) electrons. The van der Waals surface area contributed by atoms with Crippen LogP contribution in [0.25, 0.3) is 0 Å². The second-order valence-corrected chi connectivity index (χ2v) is 7.21. The lowest BCUT2D eigenvalue weighted by Gasteiger charge is -2.29. The fourth-order valence-corrected chi connectivity index (χ4v) is 2.89. The Labute approximate surface area is 152 Å². The summed E-state index contributed by atoms with van der Waals surface area (Å²) in [5.74, 6) is 0.773. The van der Waals surface area contributed by atoms with E-state index in [0.29, 0.717) is 5.92 Å². The average molecular weight is 338 g/mol. The molecule has 2 rings (SSSR count). The minimum atomic E-state index is 0.103. The van der Waals surface area contributed by atoms with Gasteiger partial charge >= 0.3 is 0 Å². The first kappa shape index (κ1) is 19.0. The van der Waals surface area contributed by atoms with Crippen LogP contribution in [0, 0.1) is 5.92 Å². The van der Waals surface area contributed by atoms with Crippen LogP contribution < -0.4 is 9.80 Å². The zero-order chi connectivity index (χ0) is 18.4. The van der Waals surface area contributed by atoms with Gasteiger partial charge in [0.05, 0.1) is 11.4 Å². The van der Waals surface area contributed by atoms with Crippen molar-refractivity contribution in [2.75, 3.05) is 30.4 Å². The van der Waals surface area contributed by atoms with Crippen LogP contribution in [0.3, 0.4) is 0 Å². The van der Waals surface area contributed by atoms with E-state index in [-0.39, 0.29) is 5.78 Å². The number of carbonyl (C=O) groups is 1. The van der Waals surface area contributed by atoms with Crippen molar-refractivity contribution < 1.29 is 4.79 Å². The van der Waals surface area contributed by atoms with Gasteiger partial charge in [0.1, 0.15) is 0 Å². The van der Waals surface area contributed by atoms with E-state index < -0.39 is 0 Å². The third kappa shape index (κ3) is 5.35. The Bertz CT molecular complexity index is 694. The predicted octanol–water partition coefficient (Wildman–Crippen LogP) is 5.01. The molecule has 134 valence electrons. The maximum Gasteiger partial charge on any atom is 0.159 e. The summed E-state index contributed by atoms with van der Waals surface area (Å²) in [4.78, 5) is 16.4. The fourth-order valence-electron chi connectivity index (χ4n) is 2.89. The number of ketones is 1. The second-order valence-electron chi connectivity index (χ2n) is 7.21. The van der Waals surface area contributed by atoms with Crippen LogP contribution in [0.15, 0.2) is 48.5 Å². The molecule has 25 heavy (non-hydrogen) atoms. The van der Waals surface area contributed by atoms with E-state index in [4.69, 9.17) is 0 Å². The van der Waals surface area contributed by atoms with Crippen molar-refractivity contribution in [3.8, 4) is 0 Å². The molecule has 0 aliphatic heterocycles. The van der Waals surface area contributed by atoms with Crippen molar-refractivity contribution in [2.45, 2.75) is 33.7 Å². The Balaban J connectivity index is 2.30. The second kappa shape index (κ2) is 8.70. The molecule has 0 unspecified atom stereocenters. The van der Waals surface area contributed by atoms with Gasteiger partial charge in [-0.25, -0.2) is 0 Å². The van der Waals surface area contributed by atoms with Crippen LogP contribution in [-0.4, -0.2) is 26.4 Å². The molecule has 2 aromatic rings. The summed E-state index contributed by atoms with van der Waals surface area (Å²) in [6, 6.07) is 16.4. The minimum Gasteiger partial charge on any atom is -0.373 e. The molecule has 0 bridgehead atoms. The minimum absolute atomic E-state index is 0.103. The van der Waals surface area contributed by atoms with Crippen molar-refractivity contribution in [3.05, 3.63) is 59.7 Å². The Morgan fingerprint density at radius 3 is 2.24 bits per heavy atom. The van der Waals surface area contributed by atoms with Crippen molar-refractivity contribution in [1.82, 2.24) is 0 Å². The third-order valence-corrected chi connectivity index (χ3v) is 4.51. The van der Waals surface area contributed by atoms with Crippen molar-refractivity contribution >= 4 is 17.2 Å². The standard InChI is InChI=1S/C22H30N2O/c1-17(2)13-14-23(4)21-12-11-20(18(3)25)15-22(21)24(5)16-19-9-7-6-8-10-19/h6-12,15,17H,13-14,16H2,1-5H3. The lowest BCUT2D eigenvalue weighted by molar-refractivity contribution is 0.101. The molecule has 0 heterocycles. The Hall–Kier alpha value is -2.29. The summed E-state index contributed by atoms with van der Waals surface area (Å²) in [6.07, 6.45) is 1.15. The molecule has 0 aliphatic rings. The summed E-state index contributed by atoms with van der Waals surface area (Å²) in [6.45, 7) is 7.93. The molecule has 0 amide bonds. The largest absolute Gasteiger partial charge is 0.373 e. The number of hydrogen-bond donors (Lipinski definition) is 0. The molecular weight excluding hydrogens is 308 g/mol. The van der Waals surface area contributed by atoms with E-state index in [2.05, 4.69) is 68.1 Å². The van der Waals surface area contributed by atoms with Crippen LogP contribution in [0.5, 0.6) is 0 Å². The van der Waals surface area contributed by atoms with E-state index in [9.17, 15) is 4.79 Å². The van der Waals surface area contributed by atoms with Crippen LogP contribution in [0.4, 0.5) is 11.4 Å². The molecule has 3 nitrogen and oxygen atoms in total. The third-order valence-electron chi connectivity index (χ3n) is 4.51. The number of nitrogens with zero attached hydrogens (tertiary/aromatic N) is 2. The molecule has 0 atom stereocenters. The monoisotopic (exact) mass is 338 g/mol. The highest BCUT2D eigenvalue weighted by Gasteiger charge is 2.14. The van der Waals surface area contributed by atoms with Crippen molar-refractivity contribution in [3.63, 3.8) is 0 Å². The van der Waals surface area contributed by atoms with Gasteiger partial charge in [0, 0.05) is 32.7 Å². The van der Waals surface area contributed by atoms with Gasteiger partial charge in [-0.1, -0.05) is 44.2 Å². The molecule has 0 aliphatic carbocycles. The van der Waals surface area contributed by atoms with Crippen LogP contribution in [0.2, 0.25) is 0 Å². The zero-order valence-corrected chi connectivity index (χ0v) is 16.1. The average Bonchev–Trinajstić information content (AvgIpc) is 2.59. The zero-order valence-electron chi connectivity index (χ0n) is 16.1. The Morgan fingerprint density at radius 2 is 1.64 bits per heavy atom. The molecule has 3 heteroatoms. The van der Waals surface area contributed by atoms with Gasteiger partial charge < -0.3 is 9.80 Å². The first-order valence-electron chi connectivity index (χ1n) is 8.99. The SMILES string of the molecule is CC(=O)c1ccc(N(C)CCC(C)C)c(N(C)Cc2ccccc2)c1. The quantitative estimate of drug-likeness (QED) is 0.632. The van der Waals surface area contributed by atoms with Gasteiger partial charge in [0.15, 0.2) is 5.78 Å². The number of rotatable bonds is 8. The summed E-state index contributed by atoms with van der Waals surface area (Å²) in [7, 11) is 4.22. The predicted molar refractivity (Wildman–Crippen MR) is 108 cm³/mol. The van der Waals surface area contributed by atoms with Crippen LogP contribution >= 0.6 is 0 Å². The molecule has 0 fully saturated rings. The number of anilines is 2. The smallest absolute Gasteiger partial charge is 0.159 e. The molecule has 2 aromatic carbocycles. The van der Waals surface area contributed by atoms with E-state index in [1.807, 2.05) is 18.2 Å². The first-order valence-corrected chi connectivity index (χ1v) is 8.99. The highest BCUT2D eigenvalue weighted by atomic mass is 16.1. The van der Waals surface area contributed by atoms with Crippen LogP contribution in [0.1, 0.15) is 43.1 Å². The van der Waals surface area contributed by atoms with Crippen molar-refractivity contribution in [2.24, 2.45) is 5.92 Å². The summed E-state index contributed by atoms with van der Waals surface area (Å²) >= 11 is 0. The van der Waals surface area contributed by atoms with Gasteiger partial charge in [0.2, 0.25) is 0 Å². The number of benzene rings is 2. The lowest BCUT2D eigenvalue weighted by atomic mass is 10.1. The Kier molecular flexibility index (Phi) is 6.63. The summed E-state index contributed by atoms with van der Waals surface area (Å²) in [5.41, 5.74) is 4.29. The van der Waals surface area contributed by atoms with Crippen LogP contribution in [-0.2, 0) is 6.54 Å². The van der Waals surface area contributed by atoms with Gasteiger partial charge in [-0.15, -0.1) is 0 Å². The van der Waals surface area contributed by atoms with Gasteiger partial charge in [-0.05, 0) is 43.0 Å². The summed E-state index contributed by atoms with van der Waals surface area (Å²) in [5, 5.41) is 0. The van der Waals surface area contributed by atoms with Crippen molar-refractivity contribution in [1.29, 1.82) is 0 Å². The number of carbonyl (C=O) groups excluding carboxylic acids is 1.